The molecule has 0 aromatic heterocycles. The Bertz CT molecular complexity index is 331. The SMILES string of the molecule is CC(=O)C(=O)c1cccc(F)c1. The Kier molecular flexibility index (Phi) is 2.33. The first-order chi connectivity index (χ1) is 5.61. The Morgan fingerprint density at radius 1 is 1.33 bits per heavy atom. The van der Waals surface area contributed by atoms with Crippen LogP contribution >= 0.6 is 0 Å². The summed E-state index contributed by atoms with van der Waals surface area (Å²) in [6.07, 6.45) is 0. The van der Waals surface area contributed by atoms with Crippen molar-refractivity contribution < 1.29 is 14.0 Å². The van der Waals surface area contributed by atoms with Gasteiger partial charge in [-0.1, -0.05) is 12.1 Å². The smallest absolute Gasteiger partial charge is 0.228 e. The lowest BCUT2D eigenvalue weighted by Gasteiger charge is -1.95. The first-order valence-corrected chi connectivity index (χ1v) is 3.42. The monoisotopic (exact) mass is 166 g/mol. The number of rotatable bonds is 2. The molecule has 0 spiro atoms. The number of carbonyl (C=O) groups excluding carboxylic acids is 2. The Labute approximate surface area is 69.0 Å². The van der Waals surface area contributed by atoms with Gasteiger partial charge in [0.1, 0.15) is 5.82 Å². The van der Waals surface area contributed by atoms with E-state index in [9.17, 15) is 14.0 Å². The normalized spacial score (nSPS) is 9.50. The average Bonchev–Trinajstić information content (AvgIpc) is 2.03. The van der Waals surface area contributed by atoms with E-state index in [1.807, 2.05) is 0 Å². The van der Waals surface area contributed by atoms with Gasteiger partial charge in [0.05, 0.1) is 0 Å². The van der Waals surface area contributed by atoms with Crippen LogP contribution in [0.4, 0.5) is 4.39 Å². The molecule has 0 saturated heterocycles. The Balaban J connectivity index is 3.04. The second kappa shape index (κ2) is 3.26. The Morgan fingerprint density at radius 3 is 2.50 bits per heavy atom. The molecule has 0 atom stereocenters. The number of carbonyl (C=O) groups is 2. The third-order valence-electron chi connectivity index (χ3n) is 1.41. The number of halogens is 1. The van der Waals surface area contributed by atoms with Gasteiger partial charge in [0, 0.05) is 12.5 Å². The first-order valence-electron chi connectivity index (χ1n) is 3.42. The van der Waals surface area contributed by atoms with Gasteiger partial charge in [-0.15, -0.1) is 0 Å². The van der Waals surface area contributed by atoms with Crippen molar-refractivity contribution in [1.82, 2.24) is 0 Å². The van der Waals surface area contributed by atoms with E-state index in [0.29, 0.717) is 0 Å². The van der Waals surface area contributed by atoms with Gasteiger partial charge < -0.3 is 0 Å². The van der Waals surface area contributed by atoms with Crippen LogP contribution in [-0.2, 0) is 4.79 Å². The summed E-state index contributed by atoms with van der Waals surface area (Å²) >= 11 is 0. The molecular formula is C9H7FO2. The van der Waals surface area contributed by atoms with E-state index in [1.54, 1.807) is 0 Å². The molecule has 62 valence electrons. The first kappa shape index (κ1) is 8.59. The highest BCUT2D eigenvalue weighted by atomic mass is 19.1. The molecule has 3 heteroatoms. The molecular weight excluding hydrogens is 159 g/mol. The van der Waals surface area contributed by atoms with Crippen LogP contribution in [0.25, 0.3) is 0 Å². The number of Topliss-reactive ketones (excluding diaryl/α,β-unsaturated/α-hetero) is 2. The molecule has 1 aromatic carbocycles. The molecule has 0 N–H and O–H groups in total. The van der Waals surface area contributed by atoms with E-state index in [2.05, 4.69) is 0 Å². The second-order valence-corrected chi connectivity index (χ2v) is 2.40. The highest BCUT2D eigenvalue weighted by molar-refractivity contribution is 6.42. The standard InChI is InChI=1S/C9H7FO2/c1-6(11)9(12)7-3-2-4-8(10)5-7/h2-5H,1H3. The highest BCUT2D eigenvalue weighted by Gasteiger charge is 2.10. The third-order valence-corrected chi connectivity index (χ3v) is 1.41. The summed E-state index contributed by atoms with van der Waals surface area (Å²) in [4.78, 5) is 21.6. The van der Waals surface area contributed by atoms with Crippen molar-refractivity contribution in [2.24, 2.45) is 0 Å². The van der Waals surface area contributed by atoms with Gasteiger partial charge in [-0.05, 0) is 12.1 Å². The van der Waals surface area contributed by atoms with Crippen molar-refractivity contribution in [2.45, 2.75) is 6.92 Å². The summed E-state index contributed by atoms with van der Waals surface area (Å²) < 4.78 is 12.5. The molecule has 1 aromatic rings. The summed E-state index contributed by atoms with van der Waals surface area (Å²) in [5, 5.41) is 0. The maximum atomic E-state index is 12.5. The van der Waals surface area contributed by atoms with Crippen molar-refractivity contribution in [3.8, 4) is 0 Å². The van der Waals surface area contributed by atoms with Gasteiger partial charge in [0.25, 0.3) is 0 Å². The zero-order chi connectivity index (χ0) is 9.14. The molecule has 1 rings (SSSR count). The minimum atomic E-state index is -0.658. The topological polar surface area (TPSA) is 34.1 Å². The Hall–Kier alpha value is -1.51. The molecule has 0 unspecified atom stereocenters. The fraction of sp³-hybridized carbons (Fsp3) is 0.111. The minimum Gasteiger partial charge on any atom is -0.291 e. The van der Waals surface area contributed by atoms with Gasteiger partial charge in [-0.3, -0.25) is 9.59 Å². The highest BCUT2D eigenvalue weighted by Crippen LogP contribution is 2.04. The molecule has 12 heavy (non-hydrogen) atoms. The van der Waals surface area contributed by atoms with Crippen LogP contribution in [0.15, 0.2) is 24.3 Å². The summed E-state index contributed by atoms with van der Waals surface area (Å²) in [5.41, 5.74) is 0.0995. The van der Waals surface area contributed by atoms with E-state index in [4.69, 9.17) is 0 Å². The van der Waals surface area contributed by atoms with Crippen molar-refractivity contribution in [2.75, 3.05) is 0 Å². The molecule has 0 fully saturated rings. The molecule has 0 aliphatic heterocycles. The van der Waals surface area contributed by atoms with Gasteiger partial charge in [-0.2, -0.15) is 0 Å². The maximum absolute atomic E-state index is 12.5. The van der Waals surface area contributed by atoms with Gasteiger partial charge in [-0.25, -0.2) is 4.39 Å². The lowest BCUT2D eigenvalue weighted by molar-refractivity contribution is -0.113. The second-order valence-electron chi connectivity index (χ2n) is 2.40. The van der Waals surface area contributed by atoms with Gasteiger partial charge in [0.15, 0.2) is 5.78 Å². The molecule has 0 heterocycles. The molecule has 2 nitrogen and oxygen atoms in total. The minimum absolute atomic E-state index is 0.0995. The predicted molar refractivity (Wildman–Crippen MR) is 41.4 cm³/mol. The zero-order valence-electron chi connectivity index (χ0n) is 6.50. The van der Waals surface area contributed by atoms with E-state index >= 15 is 0 Å². The van der Waals surface area contributed by atoms with Crippen LogP contribution < -0.4 is 0 Å². The van der Waals surface area contributed by atoms with E-state index in [0.717, 1.165) is 13.0 Å². The van der Waals surface area contributed by atoms with Crippen LogP contribution in [-0.4, -0.2) is 11.6 Å². The number of hydrogen-bond acceptors (Lipinski definition) is 2. The summed E-state index contributed by atoms with van der Waals surface area (Å²) in [6, 6.07) is 5.07. The Morgan fingerprint density at radius 2 is 2.00 bits per heavy atom. The predicted octanol–water partition coefficient (Wildman–Crippen LogP) is 1.60. The van der Waals surface area contributed by atoms with E-state index in [1.165, 1.54) is 18.2 Å². The average molecular weight is 166 g/mol. The summed E-state index contributed by atoms with van der Waals surface area (Å²) in [6.45, 7) is 1.16. The molecule has 0 aliphatic rings. The molecule has 0 amide bonds. The molecule has 0 radical (unpaired) electrons. The quantitative estimate of drug-likeness (QED) is 0.494. The fourth-order valence-electron chi connectivity index (χ4n) is 0.833. The third kappa shape index (κ3) is 1.75. The van der Waals surface area contributed by atoms with Crippen LogP contribution in [0.1, 0.15) is 17.3 Å². The number of ketones is 2. The van der Waals surface area contributed by atoms with Crippen LogP contribution in [0, 0.1) is 5.82 Å². The lowest BCUT2D eigenvalue weighted by Crippen LogP contribution is -2.09. The lowest BCUT2D eigenvalue weighted by atomic mass is 10.1. The zero-order valence-corrected chi connectivity index (χ0v) is 6.50. The van der Waals surface area contributed by atoms with Crippen molar-refractivity contribution in [3.05, 3.63) is 35.6 Å². The number of hydrogen-bond donors (Lipinski definition) is 0. The summed E-state index contributed by atoms with van der Waals surface area (Å²) in [5.74, 6) is -1.75. The van der Waals surface area contributed by atoms with Crippen molar-refractivity contribution >= 4 is 11.6 Å². The number of benzene rings is 1. The molecule has 0 bridgehead atoms. The molecule has 0 saturated carbocycles. The van der Waals surface area contributed by atoms with Crippen molar-refractivity contribution in [3.63, 3.8) is 0 Å². The van der Waals surface area contributed by atoms with E-state index < -0.39 is 17.4 Å². The van der Waals surface area contributed by atoms with Crippen molar-refractivity contribution in [1.29, 1.82) is 0 Å². The van der Waals surface area contributed by atoms with Crippen LogP contribution in [0.3, 0.4) is 0 Å². The van der Waals surface area contributed by atoms with E-state index in [-0.39, 0.29) is 5.56 Å². The van der Waals surface area contributed by atoms with Crippen LogP contribution in [0.5, 0.6) is 0 Å². The maximum Gasteiger partial charge on any atom is 0.228 e. The van der Waals surface area contributed by atoms with Gasteiger partial charge >= 0.3 is 0 Å². The largest absolute Gasteiger partial charge is 0.291 e. The van der Waals surface area contributed by atoms with Crippen LogP contribution in [0.2, 0.25) is 0 Å². The fourth-order valence-corrected chi connectivity index (χ4v) is 0.833. The molecule has 0 aliphatic carbocycles. The van der Waals surface area contributed by atoms with Gasteiger partial charge in [0.2, 0.25) is 5.78 Å². The summed E-state index contributed by atoms with van der Waals surface area (Å²) in [7, 11) is 0.